The van der Waals surface area contributed by atoms with Gasteiger partial charge in [0.05, 0.1) is 11.4 Å². The zero-order valence-electron chi connectivity index (χ0n) is 15.5. The first-order valence-electron chi connectivity index (χ1n) is 8.89. The quantitative estimate of drug-likeness (QED) is 0.462. The molecule has 1 N–H and O–H groups in total. The molecule has 26 heavy (non-hydrogen) atoms. The van der Waals surface area contributed by atoms with Crippen LogP contribution in [-0.2, 0) is 11.2 Å². The lowest BCUT2D eigenvalue weighted by Gasteiger charge is -2.12. The Kier molecular flexibility index (Phi) is 8.33. The highest BCUT2D eigenvalue weighted by molar-refractivity contribution is 8.00. The number of nitrogens with one attached hydrogen (secondary N) is 1. The van der Waals surface area contributed by atoms with Gasteiger partial charge in [-0.3, -0.25) is 4.79 Å². The third-order valence-electron chi connectivity index (χ3n) is 3.73. The van der Waals surface area contributed by atoms with E-state index in [1.807, 2.05) is 57.2 Å². The van der Waals surface area contributed by atoms with Gasteiger partial charge in [0.25, 0.3) is 0 Å². The maximum Gasteiger partial charge on any atom is 0.233 e. The summed E-state index contributed by atoms with van der Waals surface area (Å²) in [4.78, 5) is 13.2. The Morgan fingerprint density at radius 1 is 1.08 bits per heavy atom. The molecule has 0 saturated heterocycles. The van der Waals surface area contributed by atoms with E-state index < -0.39 is 0 Å². The molecule has 3 nitrogen and oxygen atoms in total. The molecule has 0 spiro atoms. The molecule has 1 unspecified atom stereocenters. The monoisotopic (exact) mass is 391 g/mol. The Hall–Kier alpha value is -1.65. The van der Waals surface area contributed by atoms with E-state index in [0.29, 0.717) is 11.6 Å². The molecular weight excluding hydrogens is 366 g/mol. The number of rotatable bonds is 9. The van der Waals surface area contributed by atoms with Crippen LogP contribution in [0.3, 0.4) is 0 Å². The number of thioether (sulfide) groups is 1. The Morgan fingerprint density at radius 2 is 1.73 bits per heavy atom. The van der Waals surface area contributed by atoms with Crippen LogP contribution in [0.15, 0.2) is 53.4 Å². The van der Waals surface area contributed by atoms with Crippen molar-refractivity contribution in [1.29, 1.82) is 0 Å². The third-order valence-corrected chi connectivity index (χ3v) is 5.10. The van der Waals surface area contributed by atoms with Crippen LogP contribution in [0.4, 0.5) is 0 Å². The Morgan fingerprint density at radius 3 is 2.35 bits per heavy atom. The fourth-order valence-corrected chi connectivity index (χ4v) is 3.44. The van der Waals surface area contributed by atoms with E-state index in [1.165, 1.54) is 17.3 Å². The second kappa shape index (κ2) is 10.5. The van der Waals surface area contributed by atoms with Gasteiger partial charge in [-0.25, -0.2) is 0 Å². The van der Waals surface area contributed by atoms with Gasteiger partial charge in [0.1, 0.15) is 5.75 Å². The summed E-state index contributed by atoms with van der Waals surface area (Å²) in [6, 6.07) is 15.7. The van der Waals surface area contributed by atoms with Gasteiger partial charge in [0, 0.05) is 16.5 Å². The van der Waals surface area contributed by atoms with E-state index in [9.17, 15) is 4.79 Å². The predicted molar refractivity (Wildman–Crippen MR) is 110 cm³/mol. The van der Waals surface area contributed by atoms with Crippen molar-refractivity contribution in [3.05, 3.63) is 59.1 Å². The number of amides is 1. The zero-order chi connectivity index (χ0) is 18.9. The van der Waals surface area contributed by atoms with Crippen molar-refractivity contribution in [3.8, 4) is 5.75 Å². The molecule has 0 saturated carbocycles. The topological polar surface area (TPSA) is 38.3 Å². The van der Waals surface area contributed by atoms with Crippen molar-refractivity contribution in [2.45, 2.75) is 49.9 Å². The number of benzene rings is 2. The SMILES string of the molecule is CC(C)Oc1ccc(CCCNC(=O)C(C)Sc2ccc(Cl)cc2)cc1. The lowest BCUT2D eigenvalue weighted by molar-refractivity contribution is -0.120. The predicted octanol–water partition coefficient (Wildman–Crippen LogP) is 5.36. The molecule has 2 aromatic carbocycles. The van der Waals surface area contributed by atoms with Crippen molar-refractivity contribution in [2.75, 3.05) is 6.54 Å². The fourth-order valence-electron chi connectivity index (χ4n) is 2.43. The molecule has 0 fully saturated rings. The second-order valence-electron chi connectivity index (χ2n) is 6.42. The third kappa shape index (κ3) is 7.30. The van der Waals surface area contributed by atoms with E-state index in [2.05, 4.69) is 17.4 Å². The fraction of sp³-hybridized carbons (Fsp3) is 0.381. The lowest BCUT2D eigenvalue weighted by Crippen LogP contribution is -2.31. The number of hydrogen-bond acceptors (Lipinski definition) is 3. The van der Waals surface area contributed by atoms with Gasteiger partial charge >= 0.3 is 0 Å². The molecule has 1 amide bonds. The molecule has 0 aliphatic heterocycles. The second-order valence-corrected chi connectivity index (χ2v) is 8.27. The smallest absolute Gasteiger partial charge is 0.233 e. The lowest BCUT2D eigenvalue weighted by atomic mass is 10.1. The summed E-state index contributed by atoms with van der Waals surface area (Å²) in [5, 5.41) is 3.58. The Balaban J connectivity index is 1.68. The summed E-state index contributed by atoms with van der Waals surface area (Å²) < 4.78 is 5.64. The van der Waals surface area contributed by atoms with Gasteiger partial charge in [-0.2, -0.15) is 0 Å². The number of ether oxygens (including phenoxy) is 1. The summed E-state index contributed by atoms with van der Waals surface area (Å²) in [6.07, 6.45) is 2.03. The maximum absolute atomic E-state index is 12.2. The summed E-state index contributed by atoms with van der Waals surface area (Å²) in [6.45, 7) is 6.63. The van der Waals surface area contributed by atoms with Crippen molar-refractivity contribution >= 4 is 29.3 Å². The summed E-state index contributed by atoms with van der Waals surface area (Å²) in [7, 11) is 0. The van der Waals surface area contributed by atoms with Gasteiger partial charge in [-0.1, -0.05) is 23.7 Å². The van der Waals surface area contributed by atoms with Gasteiger partial charge in [0.2, 0.25) is 5.91 Å². The first-order valence-corrected chi connectivity index (χ1v) is 10.2. The minimum atomic E-state index is -0.136. The van der Waals surface area contributed by atoms with Gasteiger partial charge in [-0.15, -0.1) is 11.8 Å². The average molecular weight is 392 g/mol. The molecule has 0 heterocycles. The number of carbonyl (C=O) groups excluding carboxylic acids is 1. The van der Waals surface area contributed by atoms with Crippen LogP contribution in [0.2, 0.25) is 5.02 Å². The van der Waals surface area contributed by atoms with Crippen LogP contribution in [-0.4, -0.2) is 23.8 Å². The molecule has 1 atom stereocenters. The van der Waals surface area contributed by atoms with Crippen LogP contribution in [0, 0.1) is 0 Å². The molecule has 0 aliphatic carbocycles. The highest BCUT2D eigenvalue weighted by atomic mass is 35.5. The molecule has 0 radical (unpaired) electrons. The van der Waals surface area contributed by atoms with Gasteiger partial charge < -0.3 is 10.1 Å². The molecule has 0 aromatic heterocycles. The first-order chi connectivity index (χ1) is 12.4. The minimum absolute atomic E-state index is 0.0608. The molecule has 5 heteroatoms. The molecule has 140 valence electrons. The first kappa shape index (κ1) is 20.7. The largest absolute Gasteiger partial charge is 0.491 e. The van der Waals surface area contributed by atoms with E-state index in [-0.39, 0.29) is 17.3 Å². The van der Waals surface area contributed by atoms with Gasteiger partial charge in [-0.05, 0) is 75.6 Å². The molecule has 2 rings (SSSR count). The highest BCUT2D eigenvalue weighted by Gasteiger charge is 2.13. The minimum Gasteiger partial charge on any atom is -0.491 e. The van der Waals surface area contributed by atoms with Crippen LogP contribution in [0.25, 0.3) is 0 Å². The summed E-state index contributed by atoms with van der Waals surface area (Å²) >= 11 is 7.42. The summed E-state index contributed by atoms with van der Waals surface area (Å²) in [5.74, 6) is 0.954. The number of carbonyl (C=O) groups is 1. The normalized spacial score (nSPS) is 12.0. The van der Waals surface area contributed by atoms with Crippen molar-refractivity contribution in [2.24, 2.45) is 0 Å². The Labute approximate surface area is 165 Å². The van der Waals surface area contributed by atoms with Gasteiger partial charge in [0.15, 0.2) is 0 Å². The van der Waals surface area contributed by atoms with E-state index in [4.69, 9.17) is 16.3 Å². The van der Waals surface area contributed by atoms with Crippen LogP contribution < -0.4 is 10.1 Å². The van der Waals surface area contributed by atoms with E-state index in [0.717, 1.165) is 23.5 Å². The van der Waals surface area contributed by atoms with Crippen molar-refractivity contribution < 1.29 is 9.53 Å². The molecule has 0 aliphatic rings. The van der Waals surface area contributed by atoms with Crippen molar-refractivity contribution in [1.82, 2.24) is 5.32 Å². The number of hydrogen-bond donors (Lipinski definition) is 1. The molecule has 2 aromatic rings. The highest BCUT2D eigenvalue weighted by Crippen LogP contribution is 2.24. The van der Waals surface area contributed by atoms with E-state index >= 15 is 0 Å². The zero-order valence-corrected chi connectivity index (χ0v) is 17.1. The molecular formula is C21H26ClNO2S. The number of halogens is 1. The maximum atomic E-state index is 12.2. The van der Waals surface area contributed by atoms with Crippen LogP contribution in [0.5, 0.6) is 5.75 Å². The summed E-state index contributed by atoms with van der Waals surface area (Å²) in [5.41, 5.74) is 1.25. The van der Waals surface area contributed by atoms with Crippen molar-refractivity contribution in [3.63, 3.8) is 0 Å². The average Bonchev–Trinajstić information content (AvgIpc) is 2.61. The van der Waals surface area contributed by atoms with E-state index in [1.54, 1.807) is 0 Å². The standard InChI is InChI=1S/C21H26ClNO2S/c1-15(2)25-19-10-6-17(7-11-19)5-4-14-23-21(24)16(3)26-20-12-8-18(22)9-13-20/h6-13,15-16H,4-5,14H2,1-3H3,(H,23,24). The van der Waals surface area contributed by atoms with Crippen LogP contribution >= 0.6 is 23.4 Å². The molecule has 0 bridgehead atoms. The Bertz CT molecular complexity index is 686. The number of aryl methyl sites for hydroxylation is 1. The van der Waals surface area contributed by atoms with Crippen LogP contribution in [0.1, 0.15) is 32.8 Å².